The van der Waals surface area contributed by atoms with E-state index in [1.165, 1.54) is 12.1 Å². The van der Waals surface area contributed by atoms with Crippen molar-refractivity contribution in [1.29, 1.82) is 0 Å². The van der Waals surface area contributed by atoms with Crippen LogP contribution in [0.5, 0.6) is 5.75 Å². The van der Waals surface area contributed by atoms with Crippen LogP contribution in [-0.2, 0) is 0 Å². The van der Waals surface area contributed by atoms with Gasteiger partial charge in [0.2, 0.25) is 0 Å². The van der Waals surface area contributed by atoms with Crippen molar-refractivity contribution in [2.45, 2.75) is 26.0 Å². The van der Waals surface area contributed by atoms with Gasteiger partial charge in [-0.25, -0.2) is 4.39 Å². The van der Waals surface area contributed by atoms with Gasteiger partial charge in [-0.1, -0.05) is 26.0 Å². The first-order valence-corrected chi connectivity index (χ1v) is 4.86. The summed E-state index contributed by atoms with van der Waals surface area (Å²) < 4.78 is 13.0. The quantitative estimate of drug-likeness (QED) is 0.713. The minimum absolute atomic E-state index is 0.0531. The average Bonchev–Trinajstić information content (AvgIpc) is 2.20. The lowest BCUT2D eigenvalue weighted by Crippen LogP contribution is -2.30. The lowest BCUT2D eigenvalue weighted by molar-refractivity contribution is 0.0968. The molecule has 3 nitrogen and oxygen atoms in total. The number of aliphatic hydroxyl groups excluding tert-OH is 1. The monoisotopic (exact) mass is 213 g/mol. The summed E-state index contributed by atoms with van der Waals surface area (Å²) in [6, 6.07) is 3.33. The van der Waals surface area contributed by atoms with E-state index in [4.69, 9.17) is 5.73 Å². The second-order valence-electron chi connectivity index (χ2n) is 3.94. The Morgan fingerprint density at radius 2 is 1.93 bits per heavy atom. The molecule has 0 amide bonds. The Balaban J connectivity index is 3.01. The molecule has 0 unspecified atom stereocenters. The van der Waals surface area contributed by atoms with E-state index in [-0.39, 0.29) is 11.5 Å². The fraction of sp³-hybridized carbons (Fsp3) is 0.455. The highest BCUT2D eigenvalue weighted by Crippen LogP contribution is 2.29. The molecule has 4 N–H and O–H groups in total. The summed E-state index contributed by atoms with van der Waals surface area (Å²) in [4.78, 5) is 0. The van der Waals surface area contributed by atoms with E-state index < -0.39 is 23.7 Å². The Kier molecular flexibility index (Phi) is 3.66. The van der Waals surface area contributed by atoms with Gasteiger partial charge >= 0.3 is 0 Å². The minimum atomic E-state index is -0.808. The first kappa shape index (κ1) is 11.9. The summed E-state index contributed by atoms with van der Waals surface area (Å²) in [6.45, 7) is 3.61. The molecule has 0 bridgehead atoms. The van der Waals surface area contributed by atoms with Crippen LogP contribution in [0.2, 0.25) is 0 Å². The molecule has 0 saturated heterocycles. The number of hydrogen-bond donors (Lipinski definition) is 3. The Morgan fingerprint density at radius 3 is 2.47 bits per heavy atom. The van der Waals surface area contributed by atoms with E-state index in [9.17, 15) is 14.6 Å². The van der Waals surface area contributed by atoms with Crippen molar-refractivity contribution in [2.75, 3.05) is 0 Å². The molecule has 0 heterocycles. The zero-order chi connectivity index (χ0) is 11.6. The third-order valence-electron chi connectivity index (χ3n) is 2.43. The largest absolute Gasteiger partial charge is 0.505 e. The molecular weight excluding hydrogens is 197 g/mol. The number of halogens is 1. The predicted octanol–water partition coefficient (Wildman–Crippen LogP) is 1.55. The van der Waals surface area contributed by atoms with Gasteiger partial charge in [0.15, 0.2) is 11.6 Å². The molecule has 1 aromatic rings. The van der Waals surface area contributed by atoms with Gasteiger partial charge in [0, 0.05) is 5.56 Å². The van der Waals surface area contributed by atoms with Crippen LogP contribution in [-0.4, -0.2) is 16.3 Å². The molecule has 0 aliphatic rings. The zero-order valence-corrected chi connectivity index (χ0v) is 8.81. The lowest BCUT2D eigenvalue weighted by atomic mass is 9.94. The van der Waals surface area contributed by atoms with E-state index in [2.05, 4.69) is 0 Å². The van der Waals surface area contributed by atoms with Gasteiger partial charge in [0.1, 0.15) is 0 Å². The van der Waals surface area contributed by atoms with E-state index >= 15 is 0 Å². The molecule has 0 aliphatic carbocycles. The number of nitrogens with two attached hydrogens (primary N) is 1. The molecule has 84 valence electrons. The van der Waals surface area contributed by atoms with Gasteiger partial charge < -0.3 is 15.9 Å². The molecule has 0 aromatic heterocycles. The first-order valence-electron chi connectivity index (χ1n) is 4.86. The maximum absolute atomic E-state index is 13.0. The zero-order valence-electron chi connectivity index (χ0n) is 8.81. The number of aromatic hydroxyl groups is 1. The number of phenols is 1. The number of rotatable bonds is 3. The van der Waals surface area contributed by atoms with Crippen molar-refractivity contribution < 1.29 is 14.6 Å². The third kappa shape index (κ3) is 2.46. The van der Waals surface area contributed by atoms with E-state index in [1.807, 2.05) is 0 Å². The van der Waals surface area contributed by atoms with Crippen LogP contribution < -0.4 is 5.73 Å². The molecule has 0 fully saturated rings. The predicted molar refractivity (Wildman–Crippen MR) is 55.8 cm³/mol. The van der Waals surface area contributed by atoms with E-state index in [0.29, 0.717) is 0 Å². The molecule has 0 saturated carbocycles. The molecule has 2 atom stereocenters. The molecule has 1 rings (SSSR count). The maximum atomic E-state index is 13.0. The van der Waals surface area contributed by atoms with Gasteiger partial charge in [0.25, 0.3) is 0 Å². The van der Waals surface area contributed by atoms with Crippen LogP contribution in [0.15, 0.2) is 18.2 Å². The second-order valence-corrected chi connectivity index (χ2v) is 3.94. The van der Waals surface area contributed by atoms with Gasteiger partial charge in [-0.15, -0.1) is 0 Å². The second kappa shape index (κ2) is 4.59. The third-order valence-corrected chi connectivity index (χ3v) is 2.43. The summed E-state index contributed by atoms with van der Waals surface area (Å²) in [5.41, 5.74) is 5.97. The fourth-order valence-corrected chi connectivity index (χ4v) is 1.40. The van der Waals surface area contributed by atoms with Crippen molar-refractivity contribution in [3.05, 3.63) is 29.6 Å². The summed E-state index contributed by atoms with van der Waals surface area (Å²) in [5, 5.41) is 19.1. The van der Waals surface area contributed by atoms with Crippen molar-refractivity contribution in [2.24, 2.45) is 11.7 Å². The molecule has 1 aromatic carbocycles. The lowest BCUT2D eigenvalue weighted by Gasteiger charge is -2.23. The van der Waals surface area contributed by atoms with Gasteiger partial charge in [-0.05, 0) is 12.0 Å². The molecule has 4 heteroatoms. The Hall–Kier alpha value is -1.13. The Morgan fingerprint density at radius 1 is 1.33 bits per heavy atom. The van der Waals surface area contributed by atoms with Crippen LogP contribution in [0.3, 0.4) is 0 Å². The summed E-state index contributed by atoms with van der Waals surface area (Å²) >= 11 is 0. The highest BCUT2D eigenvalue weighted by molar-refractivity contribution is 5.36. The fourth-order valence-electron chi connectivity index (χ4n) is 1.40. The molecule has 15 heavy (non-hydrogen) atoms. The normalized spacial score (nSPS) is 15.3. The Labute approximate surface area is 88.4 Å². The van der Waals surface area contributed by atoms with Gasteiger partial charge in [-0.2, -0.15) is 0 Å². The number of aliphatic hydroxyl groups is 1. The highest BCUT2D eigenvalue weighted by atomic mass is 19.1. The van der Waals surface area contributed by atoms with Crippen molar-refractivity contribution in [3.8, 4) is 5.75 Å². The number of para-hydroxylation sites is 1. The van der Waals surface area contributed by atoms with Crippen molar-refractivity contribution >= 4 is 0 Å². The molecule has 0 aliphatic heterocycles. The molecule has 0 radical (unpaired) electrons. The van der Waals surface area contributed by atoms with Crippen molar-refractivity contribution in [1.82, 2.24) is 0 Å². The summed E-state index contributed by atoms with van der Waals surface area (Å²) in [5.74, 6) is -1.26. The van der Waals surface area contributed by atoms with Crippen LogP contribution in [0.1, 0.15) is 25.5 Å². The van der Waals surface area contributed by atoms with Crippen LogP contribution in [0.4, 0.5) is 4.39 Å². The summed E-state index contributed by atoms with van der Waals surface area (Å²) in [7, 11) is 0. The SMILES string of the molecule is CC(C)[C@H](O)[C@H](N)c1cccc(F)c1O. The minimum Gasteiger partial charge on any atom is -0.505 e. The number of phenolic OH excluding ortho intramolecular Hbond substituents is 1. The number of hydrogen-bond acceptors (Lipinski definition) is 3. The van der Waals surface area contributed by atoms with Gasteiger partial charge in [-0.3, -0.25) is 0 Å². The molecule has 0 spiro atoms. The smallest absolute Gasteiger partial charge is 0.165 e. The van der Waals surface area contributed by atoms with Crippen LogP contribution in [0, 0.1) is 11.7 Å². The van der Waals surface area contributed by atoms with Crippen LogP contribution >= 0.6 is 0 Å². The van der Waals surface area contributed by atoms with Gasteiger partial charge in [0.05, 0.1) is 12.1 Å². The topological polar surface area (TPSA) is 66.5 Å². The summed E-state index contributed by atoms with van der Waals surface area (Å²) in [6.07, 6.45) is -0.808. The first-order chi connectivity index (χ1) is 6.95. The Bertz CT molecular complexity index is 341. The maximum Gasteiger partial charge on any atom is 0.165 e. The molecular formula is C11H16FNO2. The highest BCUT2D eigenvalue weighted by Gasteiger charge is 2.23. The average molecular weight is 213 g/mol. The van der Waals surface area contributed by atoms with E-state index in [0.717, 1.165) is 6.07 Å². The van der Waals surface area contributed by atoms with E-state index in [1.54, 1.807) is 13.8 Å². The van der Waals surface area contributed by atoms with Crippen LogP contribution in [0.25, 0.3) is 0 Å². The number of benzene rings is 1. The standard InChI is InChI=1S/C11H16FNO2/c1-6(2)10(14)9(13)7-4-3-5-8(12)11(7)15/h3-6,9-10,14-15H,13H2,1-2H3/t9-,10+/m1/s1. The van der Waals surface area contributed by atoms with Crippen molar-refractivity contribution in [3.63, 3.8) is 0 Å².